The molecule has 12 heteroatoms. The molecule has 1 amide bonds. The molecular weight excluding hydrogens is 629 g/mol. The lowest BCUT2D eigenvalue weighted by atomic mass is 10.0. The summed E-state index contributed by atoms with van der Waals surface area (Å²) in [5.41, 5.74) is 3.84. The summed E-state index contributed by atoms with van der Waals surface area (Å²) in [6.45, 7) is 6.18. The van der Waals surface area contributed by atoms with Crippen molar-refractivity contribution in [2.45, 2.75) is 38.1 Å². The molecule has 0 aliphatic carbocycles. The molecule has 0 bridgehead atoms. The zero-order valence-corrected chi connectivity index (χ0v) is 27.4. The Kier molecular flexibility index (Phi) is 9.33. The van der Waals surface area contributed by atoms with Crippen molar-refractivity contribution >= 4 is 22.9 Å². The summed E-state index contributed by atoms with van der Waals surface area (Å²) in [4.78, 5) is 34.2. The van der Waals surface area contributed by atoms with Crippen molar-refractivity contribution in [3.05, 3.63) is 107 Å². The van der Waals surface area contributed by atoms with Crippen molar-refractivity contribution in [2.75, 3.05) is 51.6 Å². The molecular formula is C37H39F3N8O. The van der Waals surface area contributed by atoms with Crippen LogP contribution in [0.15, 0.2) is 85.2 Å². The number of hydrogen-bond acceptors (Lipinski definition) is 7. The summed E-state index contributed by atoms with van der Waals surface area (Å²) in [5, 5.41) is 3.65. The second kappa shape index (κ2) is 14.0. The molecule has 5 aromatic rings. The maximum absolute atomic E-state index is 13.2. The fourth-order valence-electron chi connectivity index (χ4n) is 6.51. The van der Waals surface area contributed by atoms with Crippen LogP contribution in [0.1, 0.15) is 39.9 Å². The largest absolute Gasteiger partial charge is 0.416 e. The first-order chi connectivity index (χ1) is 23.7. The highest BCUT2D eigenvalue weighted by Gasteiger charge is 2.30. The van der Waals surface area contributed by atoms with Gasteiger partial charge in [0.1, 0.15) is 5.52 Å². The summed E-state index contributed by atoms with van der Waals surface area (Å²) in [7, 11) is 2.06. The minimum absolute atomic E-state index is 0.00611. The number of rotatable bonds is 8. The third kappa shape index (κ3) is 7.60. The van der Waals surface area contributed by atoms with Crippen molar-refractivity contribution in [2.24, 2.45) is 0 Å². The zero-order chi connectivity index (χ0) is 34.0. The fraction of sp³-hybridized carbons (Fsp3) is 0.351. The van der Waals surface area contributed by atoms with E-state index in [0.717, 1.165) is 63.3 Å². The van der Waals surface area contributed by atoms with Crippen LogP contribution in [-0.2, 0) is 19.3 Å². The smallest absolute Gasteiger partial charge is 0.365 e. The van der Waals surface area contributed by atoms with Gasteiger partial charge in [0.2, 0.25) is 0 Å². The van der Waals surface area contributed by atoms with Crippen molar-refractivity contribution in [3.8, 4) is 11.4 Å². The number of carbonyl (C=O) groups excluding carboxylic acids is 1. The third-order valence-electron chi connectivity index (χ3n) is 9.46. The number of aromatic nitrogens is 4. The summed E-state index contributed by atoms with van der Waals surface area (Å²) in [6, 6.07) is 23.2. The van der Waals surface area contributed by atoms with Crippen LogP contribution in [0.5, 0.6) is 0 Å². The predicted octanol–water partition coefficient (Wildman–Crippen LogP) is 6.02. The van der Waals surface area contributed by atoms with Gasteiger partial charge in [0.05, 0.1) is 18.4 Å². The van der Waals surface area contributed by atoms with Crippen molar-refractivity contribution < 1.29 is 18.0 Å². The number of halogens is 3. The van der Waals surface area contributed by atoms with Crippen LogP contribution in [0.2, 0.25) is 0 Å². The van der Waals surface area contributed by atoms with E-state index in [0.29, 0.717) is 53.6 Å². The van der Waals surface area contributed by atoms with E-state index in [9.17, 15) is 18.0 Å². The first-order valence-corrected chi connectivity index (χ1v) is 16.7. The van der Waals surface area contributed by atoms with Crippen molar-refractivity contribution in [1.29, 1.82) is 0 Å². The molecule has 1 N–H and O–H groups in total. The highest BCUT2D eigenvalue weighted by Crippen LogP contribution is 2.30. The van der Waals surface area contributed by atoms with Gasteiger partial charge in [-0.2, -0.15) is 13.2 Å². The molecule has 2 aliphatic rings. The van der Waals surface area contributed by atoms with Gasteiger partial charge in [0.25, 0.3) is 5.91 Å². The summed E-state index contributed by atoms with van der Waals surface area (Å²) in [5.74, 6) is 1.10. The van der Waals surface area contributed by atoms with Gasteiger partial charge in [-0.15, -0.1) is 0 Å². The molecule has 2 aliphatic heterocycles. The number of alkyl halides is 3. The Morgan fingerprint density at radius 3 is 2.16 bits per heavy atom. The minimum atomic E-state index is -4.40. The van der Waals surface area contributed by atoms with E-state index in [1.807, 2.05) is 39.8 Å². The number of piperazine rings is 1. The number of imidazole rings is 1. The van der Waals surface area contributed by atoms with Crippen molar-refractivity contribution in [3.63, 3.8) is 0 Å². The van der Waals surface area contributed by atoms with Gasteiger partial charge in [0, 0.05) is 63.0 Å². The lowest BCUT2D eigenvalue weighted by Gasteiger charge is -2.32. The third-order valence-corrected chi connectivity index (χ3v) is 9.46. The molecule has 9 nitrogen and oxygen atoms in total. The van der Waals surface area contributed by atoms with Gasteiger partial charge in [-0.3, -0.25) is 9.69 Å². The van der Waals surface area contributed by atoms with Gasteiger partial charge in [-0.25, -0.2) is 15.0 Å². The Morgan fingerprint density at radius 2 is 1.49 bits per heavy atom. The number of benzene rings is 3. The number of carbonyl (C=O) groups is 1. The van der Waals surface area contributed by atoms with E-state index in [1.165, 1.54) is 17.7 Å². The van der Waals surface area contributed by atoms with E-state index >= 15 is 0 Å². The molecule has 4 heterocycles. The van der Waals surface area contributed by atoms with Crippen LogP contribution in [0.3, 0.4) is 0 Å². The Morgan fingerprint density at radius 1 is 0.816 bits per heavy atom. The molecule has 0 radical (unpaired) electrons. The monoisotopic (exact) mass is 668 g/mol. The number of likely N-dealkylation sites (tertiary alicyclic amines) is 1. The molecule has 0 atom stereocenters. The Labute approximate surface area is 283 Å². The Bertz CT molecular complexity index is 1880. The van der Waals surface area contributed by atoms with Crippen LogP contribution in [-0.4, -0.2) is 92.5 Å². The second-order valence-electron chi connectivity index (χ2n) is 13.0. The maximum atomic E-state index is 13.2. The topological polar surface area (TPSA) is 82.4 Å². The van der Waals surface area contributed by atoms with E-state index in [-0.39, 0.29) is 11.9 Å². The molecule has 3 aromatic carbocycles. The minimum Gasteiger partial charge on any atom is -0.365 e. The number of nitrogens with zero attached hydrogens (tertiary/aromatic N) is 7. The molecule has 254 valence electrons. The molecule has 7 rings (SSSR count). The van der Waals surface area contributed by atoms with Gasteiger partial charge < -0.3 is 19.7 Å². The highest BCUT2D eigenvalue weighted by molar-refractivity contribution is 5.95. The first-order valence-electron chi connectivity index (χ1n) is 16.7. The number of anilines is 1. The highest BCUT2D eigenvalue weighted by atomic mass is 19.4. The molecule has 49 heavy (non-hydrogen) atoms. The molecule has 0 saturated carbocycles. The standard InChI is InChI=1S/C37H39F3N8O/c1-45-19-21-47(22-20-45)36(49)29-11-9-28(10-12-29)33-43-34(42-31-15-17-46(18-16-31)23-26-5-3-2-4-6-26)32-35(44-33)48(25-41-32)24-27-7-13-30(14-8-27)37(38,39)40/h2-14,25,31H,15-24H2,1H3,(H,42,43,44). The number of likely N-dealkylation sites (N-methyl/N-ethyl adjacent to an activating group) is 1. The summed E-state index contributed by atoms with van der Waals surface area (Å²) >= 11 is 0. The lowest BCUT2D eigenvalue weighted by Crippen LogP contribution is -2.47. The number of nitrogens with one attached hydrogen (secondary N) is 1. The van der Waals surface area contributed by atoms with Crippen molar-refractivity contribution in [1.82, 2.24) is 34.2 Å². The van der Waals surface area contributed by atoms with Crippen LogP contribution in [0.25, 0.3) is 22.6 Å². The van der Waals surface area contributed by atoms with E-state index < -0.39 is 11.7 Å². The van der Waals surface area contributed by atoms with Gasteiger partial charge in [-0.1, -0.05) is 54.6 Å². The Hall–Kier alpha value is -4.81. The molecule has 2 aromatic heterocycles. The van der Waals surface area contributed by atoms with Gasteiger partial charge in [-0.05, 0) is 55.3 Å². The van der Waals surface area contributed by atoms with E-state index in [1.54, 1.807) is 6.33 Å². The van der Waals surface area contributed by atoms with Crippen LogP contribution in [0.4, 0.5) is 19.0 Å². The quantitative estimate of drug-likeness (QED) is 0.217. The molecule has 0 unspecified atom stereocenters. The SMILES string of the molecule is CN1CCN(C(=O)c2ccc(-c3nc(NC4CCN(Cc5ccccc5)CC4)c4ncn(Cc5ccc(C(F)(F)F)cc5)c4n3)cc2)CC1. The van der Waals surface area contributed by atoms with Crippen LogP contribution in [0, 0.1) is 0 Å². The Balaban J connectivity index is 1.14. The molecule has 2 saturated heterocycles. The maximum Gasteiger partial charge on any atom is 0.416 e. The molecule has 0 spiro atoms. The lowest BCUT2D eigenvalue weighted by molar-refractivity contribution is -0.137. The summed E-state index contributed by atoms with van der Waals surface area (Å²) < 4.78 is 41.4. The second-order valence-corrected chi connectivity index (χ2v) is 13.0. The number of piperidine rings is 1. The average Bonchev–Trinajstić information content (AvgIpc) is 3.52. The van der Waals surface area contributed by atoms with Crippen LogP contribution < -0.4 is 5.32 Å². The average molecular weight is 669 g/mol. The number of amides is 1. The zero-order valence-electron chi connectivity index (χ0n) is 27.4. The van der Waals surface area contributed by atoms with E-state index in [2.05, 4.69) is 51.4 Å². The fourth-order valence-corrected chi connectivity index (χ4v) is 6.51. The van der Waals surface area contributed by atoms with E-state index in [4.69, 9.17) is 9.97 Å². The number of hydrogen-bond donors (Lipinski definition) is 1. The normalized spacial score (nSPS) is 16.7. The first kappa shape index (κ1) is 32.7. The molecule has 2 fully saturated rings. The van der Waals surface area contributed by atoms with Crippen LogP contribution >= 0.6 is 0 Å². The van der Waals surface area contributed by atoms with Gasteiger partial charge in [0.15, 0.2) is 17.3 Å². The number of fused-ring (bicyclic) bond motifs is 1. The van der Waals surface area contributed by atoms with Gasteiger partial charge >= 0.3 is 6.18 Å². The summed E-state index contributed by atoms with van der Waals surface area (Å²) in [6.07, 6.45) is -0.871. The predicted molar refractivity (Wildman–Crippen MR) is 183 cm³/mol.